The topological polar surface area (TPSA) is 80.1 Å². The number of nitrogens with zero attached hydrogens (tertiary/aromatic N) is 4. The first-order valence-corrected chi connectivity index (χ1v) is 10.4. The van der Waals surface area contributed by atoms with Crippen LogP contribution in [0, 0.1) is 0 Å². The standard InChI is InChI=1S/C22H26ClN5O2/c1-5-27(6-2)19(29)13-28-10-9-15-11-16(7-8-18(15)28)25-22(30)20-17(23)12-24-21(26-20)14(3)4/h7-12,14H,5-6,13H2,1-4H3,(H,25,30). The van der Waals surface area contributed by atoms with Gasteiger partial charge in [0.25, 0.3) is 5.91 Å². The molecular weight excluding hydrogens is 402 g/mol. The molecule has 7 nitrogen and oxygen atoms in total. The van der Waals surface area contributed by atoms with E-state index in [4.69, 9.17) is 11.6 Å². The summed E-state index contributed by atoms with van der Waals surface area (Å²) in [6.45, 7) is 9.51. The van der Waals surface area contributed by atoms with Gasteiger partial charge in [0, 0.05) is 41.8 Å². The first kappa shape index (κ1) is 21.8. The van der Waals surface area contributed by atoms with Crippen molar-refractivity contribution in [3.8, 4) is 0 Å². The predicted molar refractivity (Wildman–Crippen MR) is 119 cm³/mol. The van der Waals surface area contributed by atoms with Gasteiger partial charge in [-0.05, 0) is 38.1 Å². The molecule has 2 heterocycles. The fraction of sp³-hybridized carbons (Fsp3) is 0.364. The summed E-state index contributed by atoms with van der Waals surface area (Å²) in [5.74, 6) is 0.341. The number of amides is 2. The first-order valence-electron chi connectivity index (χ1n) is 10.0. The Labute approximate surface area is 181 Å². The van der Waals surface area contributed by atoms with E-state index in [-0.39, 0.29) is 35.0 Å². The summed E-state index contributed by atoms with van der Waals surface area (Å²) < 4.78 is 1.91. The van der Waals surface area contributed by atoms with E-state index in [2.05, 4.69) is 15.3 Å². The molecular formula is C22H26ClN5O2. The number of nitrogens with one attached hydrogen (secondary N) is 1. The average molecular weight is 428 g/mol. The largest absolute Gasteiger partial charge is 0.342 e. The third kappa shape index (κ3) is 4.62. The molecule has 158 valence electrons. The molecule has 0 fully saturated rings. The summed E-state index contributed by atoms with van der Waals surface area (Å²) in [6, 6.07) is 7.48. The Kier molecular flexibility index (Phi) is 6.72. The number of halogens is 1. The van der Waals surface area contributed by atoms with Crippen molar-refractivity contribution < 1.29 is 9.59 Å². The molecule has 0 unspecified atom stereocenters. The molecule has 0 aliphatic heterocycles. The van der Waals surface area contributed by atoms with Crippen molar-refractivity contribution in [3.05, 3.63) is 53.2 Å². The number of likely N-dealkylation sites (N-methyl/N-ethyl adjacent to an activating group) is 1. The summed E-state index contributed by atoms with van der Waals surface area (Å²) in [5, 5.41) is 3.98. The molecule has 0 aliphatic carbocycles. The van der Waals surface area contributed by atoms with Gasteiger partial charge in [-0.1, -0.05) is 25.4 Å². The van der Waals surface area contributed by atoms with Crippen LogP contribution in [-0.2, 0) is 11.3 Å². The second-order valence-corrected chi connectivity index (χ2v) is 7.72. The molecule has 8 heteroatoms. The molecule has 3 aromatic rings. The number of carbonyl (C=O) groups is 2. The highest BCUT2D eigenvalue weighted by Crippen LogP contribution is 2.23. The van der Waals surface area contributed by atoms with Crippen LogP contribution < -0.4 is 5.32 Å². The summed E-state index contributed by atoms with van der Waals surface area (Å²) >= 11 is 6.13. The molecule has 30 heavy (non-hydrogen) atoms. The van der Waals surface area contributed by atoms with Crippen LogP contribution in [0.15, 0.2) is 36.7 Å². The maximum atomic E-state index is 12.7. The molecule has 2 amide bonds. The van der Waals surface area contributed by atoms with Gasteiger partial charge in [-0.15, -0.1) is 0 Å². The minimum absolute atomic E-state index is 0.0780. The Morgan fingerprint density at radius 1 is 1.20 bits per heavy atom. The van der Waals surface area contributed by atoms with Gasteiger partial charge in [-0.3, -0.25) is 9.59 Å². The third-order valence-corrected chi connectivity index (χ3v) is 5.22. The van der Waals surface area contributed by atoms with Gasteiger partial charge in [-0.25, -0.2) is 9.97 Å². The van der Waals surface area contributed by atoms with Crippen LogP contribution in [0.25, 0.3) is 10.9 Å². The molecule has 0 radical (unpaired) electrons. The van der Waals surface area contributed by atoms with Gasteiger partial charge < -0.3 is 14.8 Å². The van der Waals surface area contributed by atoms with E-state index in [0.717, 1.165) is 10.9 Å². The zero-order valence-electron chi connectivity index (χ0n) is 17.6. The number of anilines is 1. The van der Waals surface area contributed by atoms with Crippen LogP contribution in [0.3, 0.4) is 0 Å². The van der Waals surface area contributed by atoms with E-state index in [1.54, 1.807) is 11.0 Å². The van der Waals surface area contributed by atoms with Gasteiger partial charge in [-0.2, -0.15) is 0 Å². The van der Waals surface area contributed by atoms with Gasteiger partial charge in [0.2, 0.25) is 5.91 Å². The minimum atomic E-state index is -0.389. The highest BCUT2D eigenvalue weighted by Gasteiger charge is 2.17. The maximum absolute atomic E-state index is 12.7. The van der Waals surface area contributed by atoms with Crippen molar-refractivity contribution in [2.24, 2.45) is 0 Å². The molecule has 1 N–H and O–H groups in total. The molecule has 0 bridgehead atoms. The second kappa shape index (κ2) is 9.26. The highest BCUT2D eigenvalue weighted by atomic mass is 35.5. The van der Waals surface area contributed by atoms with E-state index < -0.39 is 0 Å². The van der Waals surface area contributed by atoms with Gasteiger partial charge in [0.15, 0.2) is 5.69 Å². The minimum Gasteiger partial charge on any atom is -0.342 e. The molecule has 1 aromatic carbocycles. The van der Waals surface area contributed by atoms with Crippen LogP contribution in [0.4, 0.5) is 5.69 Å². The number of rotatable bonds is 7. The lowest BCUT2D eigenvalue weighted by molar-refractivity contribution is -0.131. The van der Waals surface area contributed by atoms with Crippen molar-refractivity contribution in [3.63, 3.8) is 0 Å². The molecule has 0 spiro atoms. The zero-order valence-corrected chi connectivity index (χ0v) is 18.4. The third-order valence-electron chi connectivity index (χ3n) is 4.94. The van der Waals surface area contributed by atoms with Crippen LogP contribution in [0.5, 0.6) is 0 Å². The number of benzene rings is 1. The smallest absolute Gasteiger partial charge is 0.275 e. The quantitative estimate of drug-likeness (QED) is 0.608. The lowest BCUT2D eigenvalue weighted by Gasteiger charge is -2.19. The first-order chi connectivity index (χ1) is 14.3. The van der Waals surface area contributed by atoms with E-state index in [1.807, 2.05) is 56.7 Å². The summed E-state index contributed by atoms with van der Waals surface area (Å²) in [4.78, 5) is 35.4. The number of carbonyl (C=O) groups excluding carboxylic acids is 2. The fourth-order valence-electron chi connectivity index (χ4n) is 3.25. The van der Waals surface area contributed by atoms with Crippen molar-refractivity contribution in [1.29, 1.82) is 0 Å². The van der Waals surface area contributed by atoms with Crippen LogP contribution in [0.1, 0.15) is 49.9 Å². The maximum Gasteiger partial charge on any atom is 0.275 e. The Morgan fingerprint density at radius 2 is 1.93 bits per heavy atom. The number of aromatic nitrogens is 3. The van der Waals surface area contributed by atoms with E-state index in [9.17, 15) is 9.59 Å². The Balaban J connectivity index is 1.80. The van der Waals surface area contributed by atoms with Crippen molar-refractivity contribution in [2.45, 2.75) is 40.2 Å². The Morgan fingerprint density at radius 3 is 2.60 bits per heavy atom. The summed E-state index contributed by atoms with van der Waals surface area (Å²) in [6.07, 6.45) is 3.34. The lowest BCUT2D eigenvalue weighted by Crippen LogP contribution is -2.33. The molecule has 0 saturated heterocycles. The number of hydrogen-bond acceptors (Lipinski definition) is 4. The molecule has 0 aliphatic rings. The SMILES string of the molecule is CCN(CC)C(=O)Cn1ccc2cc(NC(=O)c3nc(C(C)C)ncc3Cl)ccc21. The number of fused-ring (bicyclic) bond motifs is 1. The van der Waals surface area contributed by atoms with Crippen molar-refractivity contribution >= 4 is 40.0 Å². The molecule has 0 atom stereocenters. The van der Waals surface area contributed by atoms with E-state index in [1.165, 1.54) is 6.20 Å². The molecule has 2 aromatic heterocycles. The molecule has 0 saturated carbocycles. The summed E-state index contributed by atoms with van der Waals surface area (Å²) in [5.41, 5.74) is 1.70. The fourth-order valence-corrected chi connectivity index (χ4v) is 3.42. The van der Waals surface area contributed by atoms with Crippen LogP contribution >= 0.6 is 11.6 Å². The van der Waals surface area contributed by atoms with Crippen molar-refractivity contribution in [1.82, 2.24) is 19.4 Å². The highest BCUT2D eigenvalue weighted by molar-refractivity contribution is 6.33. The lowest BCUT2D eigenvalue weighted by atomic mass is 10.2. The normalized spacial score (nSPS) is 11.1. The van der Waals surface area contributed by atoms with Crippen molar-refractivity contribution in [2.75, 3.05) is 18.4 Å². The van der Waals surface area contributed by atoms with Gasteiger partial charge in [0.05, 0.1) is 11.2 Å². The average Bonchev–Trinajstić information content (AvgIpc) is 3.11. The summed E-state index contributed by atoms with van der Waals surface area (Å²) in [7, 11) is 0. The number of hydrogen-bond donors (Lipinski definition) is 1. The monoisotopic (exact) mass is 427 g/mol. The zero-order chi connectivity index (χ0) is 21.8. The second-order valence-electron chi connectivity index (χ2n) is 7.32. The molecule has 3 rings (SSSR count). The Hall–Kier alpha value is -2.93. The van der Waals surface area contributed by atoms with Crippen LogP contribution in [-0.4, -0.2) is 44.3 Å². The van der Waals surface area contributed by atoms with E-state index in [0.29, 0.717) is 24.6 Å². The van der Waals surface area contributed by atoms with Crippen LogP contribution in [0.2, 0.25) is 5.02 Å². The van der Waals surface area contributed by atoms with Gasteiger partial charge >= 0.3 is 0 Å². The van der Waals surface area contributed by atoms with Gasteiger partial charge in [0.1, 0.15) is 12.4 Å². The van der Waals surface area contributed by atoms with E-state index >= 15 is 0 Å². The Bertz CT molecular complexity index is 1070. The predicted octanol–water partition coefficient (Wildman–Crippen LogP) is 4.33.